The van der Waals surface area contributed by atoms with E-state index < -0.39 is 5.97 Å². The van der Waals surface area contributed by atoms with E-state index in [1.807, 2.05) is 5.38 Å². The van der Waals surface area contributed by atoms with Gasteiger partial charge in [0.1, 0.15) is 15.7 Å². The van der Waals surface area contributed by atoms with Crippen LogP contribution in [0, 0.1) is 0 Å². The molecule has 0 aliphatic heterocycles. The van der Waals surface area contributed by atoms with Crippen LogP contribution < -0.4 is 5.73 Å². The van der Waals surface area contributed by atoms with Crippen LogP contribution >= 0.6 is 22.7 Å². The number of nitrogens with two attached hydrogens (primary N) is 1. The Labute approximate surface area is 93.2 Å². The Balaban J connectivity index is 2.32. The first kappa shape index (κ1) is 10.2. The molecule has 5 nitrogen and oxygen atoms in total. The topological polar surface area (TPSA) is 89.1 Å². The summed E-state index contributed by atoms with van der Waals surface area (Å²) >= 11 is 2.71. The number of aromatic nitrogens is 2. The molecule has 0 amide bonds. The van der Waals surface area contributed by atoms with Crippen molar-refractivity contribution < 1.29 is 9.90 Å². The summed E-state index contributed by atoms with van der Waals surface area (Å²) in [4.78, 5) is 18.8. The second-order valence-electron chi connectivity index (χ2n) is 2.67. The lowest BCUT2D eigenvalue weighted by Gasteiger charge is -1.87. The molecule has 2 aromatic rings. The fourth-order valence-electron chi connectivity index (χ4n) is 0.992. The van der Waals surface area contributed by atoms with Crippen molar-refractivity contribution in [3.05, 3.63) is 21.5 Å². The molecule has 2 rings (SSSR count). The number of thiazole rings is 2. The Morgan fingerprint density at radius 2 is 2.20 bits per heavy atom. The van der Waals surface area contributed by atoms with Crippen molar-refractivity contribution in [2.75, 3.05) is 0 Å². The highest BCUT2D eigenvalue weighted by Gasteiger charge is 2.12. The molecule has 0 saturated carbocycles. The molecule has 2 heterocycles. The maximum atomic E-state index is 10.6. The molecule has 0 aliphatic rings. The van der Waals surface area contributed by atoms with Gasteiger partial charge in [0.15, 0.2) is 5.69 Å². The minimum Gasteiger partial charge on any atom is -0.476 e. The number of nitrogens with zero attached hydrogens (tertiary/aromatic N) is 2. The lowest BCUT2D eigenvalue weighted by atomic mass is 10.5. The van der Waals surface area contributed by atoms with E-state index in [9.17, 15) is 4.79 Å². The van der Waals surface area contributed by atoms with Gasteiger partial charge in [-0.1, -0.05) is 0 Å². The van der Waals surface area contributed by atoms with Crippen LogP contribution in [0.15, 0.2) is 10.8 Å². The van der Waals surface area contributed by atoms with Crippen molar-refractivity contribution in [3.63, 3.8) is 0 Å². The quantitative estimate of drug-likeness (QED) is 0.848. The van der Waals surface area contributed by atoms with E-state index in [-0.39, 0.29) is 5.69 Å². The Morgan fingerprint density at radius 1 is 1.40 bits per heavy atom. The summed E-state index contributed by atoms with van der Waals surface area (Å²) in [5, 5.41) is 13.5. The van der Waals surface area contributed by atoms with Gasteiger partial charge < -0.3 is 10.8 Å². The number of carboxylic acid groups (broad SMARTS) is 1. The van der Waals surface area contributed by atoms with Crippen LogP contribution in [-0.4, -0.2) is 21.0 Å². The van der Waals surface area contributed by atoms with Crippen molar-refractivity contribution >= 4 is 28.6 Å². The standard InChI is InChI=1S/C8H7N3O2S2/c9-1-6-10-4(2-14-6)7-11-5(3-15-7)8(12)13/h2-3H,1,9H2,(H,12,13). The van der Waals surface area contributed by atoms with Gasteiger partial charge in [0.05, 0.1) is 0 Å². The first-order valence-corrected chi connectivity index (χ1v) is 5.80. The molecule has 0 aliphatic carbocycles. The van der Waals surface area contributed by atoms with Gasteiger partial charge in [0.2, 0.25) is 0 Å². The number of carboxylic acids is 1. The predicted molar refractivity (Wildman–Crippen MR) is 58.1 cm³/mol. The number of carbonyl (C=O) groups is 1. The van der Waals surface area contributed by atoms with Crippen molar-refractivity contribution in [1.29, 1.82) is 0 Å². The molecule has 0 aromatic carbocycles. The van der Waals surface area contributed by atoms with Crippen LogP contribution in [0.1, 0.15) is 15.5 Å². The lowest BCUT2D eigenvalue weighted by Crippen LogP contribution is -1.96. The number of rotatable bonds is 3. The average Bonchev–Trinajstić information content (AvgIpc) is 2.86. The van der Waals surface area contributed by atoms with Gasteiger partial charge >= 0.3 is 5.97 Å². The average molecular weight is 241 g/mol. The van der Waals surface area contributed by atoms with Crippen molar-refractivity contribution in [2.45, 2.75) is 6.54 Å². The zero-order valence-corrected chi connectivity index (χ0v) is 9.14. The summed E-state index contributed by atoms with van der Waals surface area (Å²) in [6, 6.07) is 0. The predicted octanol–water partition coefficient (Wildman–Crippen LogP) is 1.42. The molecule has 0 unspecified atom stereocenters. The second kappa shape index (κ2) is 4.05. The van der Waals surface area contributed by atoms with E-state index in [1.165, 1.54) is 28.1 Å². The van der Waals surface area contributed by atoms with Crippen LogP contribution in [-0.2, 0) is 6.54 Å². The summed E-state index contributed by atoms with van der Waals surface area (Å²) in [5.41, 5.74) is 6.18. The number of hydrogen-bond acceptors (Lipinski definition) is 6. The van der Waals surface area contributed by atoms with Gasteiger partial charge in [-0.25, -0.2) is 14.8 Å². The first-order chi connectivity index (χ1) is 7.20. The third-order valence-electron chi connectivity index (χ3n) is 1.67. The molecular weight excluding hydrogens is 234 g/mol. The monoisotopic (exact) mass is 241 g/mol. The molecule has 0 atom stereocenters. The van der Waals surface area contributed by atoms with E-state index >= 15 is 0 Å². The Bertz CT molecular complexity index is 492. The van der Waals surface area contributed by atoms with E-state index in [1.54, 1.807) is 0 Å². The minimum atomic E-state index is -1.02. The van der Waals surface area contributed by atoms with Crippen LogP contribution in [0.5, 0.6) is 0 Å². The SMILES string of the molecule is NCc1nc(-c2nc(C(=O)O)cs2)cs1. The highest BCUT2D eigenvalue weighted by Crippen LogP contribution is 2.25. The van der Waals surface area contributed by atoms with Crippen molar-refractivity contribution in [2.24, 2.45) is 5.73 Å². The third-order valence-corrected chi connectivity index (χ3v) is 3.40. The number of aromatic carboxylic acids is 1. The largest absolute Gasteiger partial charge is 0.476 e. The molecule has 0 bridgehead atoms. The Hall–Kier alpha value is -1.31. The molecule has 3 N–H and O–H groups in total. The fourth-order valence-corrected chi connectivity index (χ4v) is 2.48. The van der Waals surface area contributed by atoms with E-state index in [0.29, 0.717) is 17.2 Å². The smallest absolute Gasteiger partial charge is 0.355 e. The van der Waals surface area contributed by atoms with Gasteiger partial charge in [-0.05, 0) is 0 Å². The highest BCUT2D eigenvalue weighted by atomic mass is 32.1. The summed E-state index contributed by atoms with van der Waals surface area (Å²) in [7, 11) is 0. The summed E-state index contributed by atoms with van der Waals surface area (Å²) < 4.78 is 0. The van der Waals surface area contributed by atoms with Gasteiger partial charge in [-0.2, -0.15) is 0 Å². The fraction of sp³-hybridized carbons (Fsp3) is 0.125. The van der Waals surface area contributed by atoms with Gasteiger partial charge in [0.25, 0.3) is 0 Å². The minimum absolute atomic E-state index is 0.0531. The molecular formula is C8H7N3O2S2. The molecule has 7 heteroatoms. The molecule has 2 aromatic heterocycles. The van der Waals surface area contributed by atoms with Crippen LogP contribution in [0.3, 0.4) is 0 Å². The molecule has 0 radical (unpaired) electrons. The van der Waals surface area contributed by atoms with Gasteiger partial charge in [0, 0.05) is 17.3 Å². The highest BCUT2D eigenvalue weighted by molar-refractivity contribution is 7.14. The van der Waals surface area contributed by atoms with Crippen LogP contribution in [0.2, 0.25) is 0 Å². The lowest BCUT2D eigenvalue weighted by molar-refractivity contribution is 0.0691. The van der Waals surface area contributed by atoms with Gasteiger partial charge in [-0.3, -0.25) is 0 Å². The molecule has 0 fully saturated rings. The van der Waals surface area contributed by atoms with Crippen LogP contribution in [0.4, 0.5) is 0 Å². The third kappa shape index (κ3) is 2.04. The molecule has 0 saturated heterocycles. The van der Waals surface area contributed by atoms with Crippen molar-refractivity contribution in [1.82, 2.24) is 9.97 Å². The molecule has 15 heavy (non-hydrogen) atoms. The molecule has 0 spiro atoms. The first-order valence-electron chi connectivity index (χ1n) is 4.04. The molecule has 78 valence electrons. The van der Waals surface area contributed by atoms with Crippen molar-refractivity contribution in [3.8, 4) is 10.7 Å². The van der Waals surface area contributed by atoms with E-state index in [4.69, 9.17) is 10.8 Å². The van der Waals surface area contributed by atoms with Gasteiger partial charge in [-0.15, -0.1) is 22.7 Å². The normalized spacial score (nSPS) is 10.5. The Kier molecular flexibility index (Phi) is 2.76. The summed E-state index contributed by atoms with van der Waals surface area (Å²) in [6.07, 6.45) is 0. The van der Waals surface area contributed by atoms with E-state index in [2.05, 4.69) is 9.97 Å². The zero-order valence-electron chi connectivity index (χ0n) is 7.51. The summed E-state index contributed by atoms with van der Waals surface area (Å²) in [6.45, 7) is 0.391. The van der Waals surface area contributed by atoms with E-state index in [0.717, 1.165) is 5.01 Å². The zero-order chi connectivity index (χ0) is 10.8. The maximum Gasteiger partial charge on any atom is 0.355 e. The van der Waals surface area contributed by atoms with Crippen LogP contribution in [0.25, 0.3) is 10.7 Å². The Morgan fingerprint density at radius 3 is 2.73 bits per heavy atom. The maximum absolute atomic E-state index is 10.6. The summed E-state index contributed by atoms with van der Waals surface area (Å²) in [5.74, 6) is -1.02. The number of hydrogen-bond donors (Lipinski definition) is 2. The second-order valence-corrected chi connectivity index (χ2v) is 4.47.